The van der Waals surface area contributed by atoms with Crippen LogP contribution in [0.15, 0.2) is 54.0 Å². The Hall–Kier alpha value is -2.93. The molecule has 2 heterocycles. The molecular formula is C17H16N4O2S. The van der Waals surface area contributed by atoms with Crippen LogP contribution in [-0.4, -0.2) is 22.5 Å². The van der Waals surface area contributed by atoms with Gasteiger partial charge in [-0.3, -0.25) is 4.79 Å². The van der Waals surface area contributed by atoms with Crippen LogP contribution in [-0.2, 0) is 0 Å². The summed E-state index contributed by atoms with van der Waals surface area (Å²) >= 11 is 1.34. The predicted octanol–water partition coefficient (Wildman–Crippen LogP) is 3.93. The second-order valence-corrected chi connectivity index (χ2v) is 5.62. The first-order chi connectivity index (χ1) is 11.8. The highest BCUT2D eigenvalue weighted by Crippen LogP contribution is 2.25. The van der Waals surface area contributed by atoms with Crippen molar-refractivity contribution >= 4 is 33.9 Å². The molecule has 0 aliphatic carbocycles. The summed E-state index contributed by atoms with van der Waals surface area (Å²) in [6, 6.07) is 12.9. The summed E-state index contributed by atoms with van der Waals surface area (Å²) in [5.41, 5.74) is 0.960. The number of hydrogen-bond donors (Lipinski definition) is 2. The van der Waals surface area contributed by atoms with Crippen LogP contribution in [0, 0.1) is 0 Å². The fourth-order valence-corrected chi connectivity index (χ4v) is 2.72. The number of thiazole rings is 1. The lowest BCUT2D eigenvalue weighted by Gasteiger charge is -2.10. The average Bonchev–Trinajstić information content (AvgIpc) is 3.06. The van der Waals surface area contributed by atoms with Crippen LogP contribution in [0.1, 0.15) is 17.4 Å². The van der Waals surface area contributed by atoms with Crippen molar-refractivity contribution in [1.82, 2.24) is 9.97 Å². The SMILES string of the molecule is CCOc1ccccc1NC(=O)c1csc(Nc2ccccn2)n1. The zero-order valence-electron chi connectivity index (χ0n) is 13.0. The van der Waals surface area contributed by atoms with Crippen LogP contribution < -0.4 is 15.4 Å². The maximum Gasteiger partial charge on any atom is 0.275 e. The van der Waals surface area contributed by atoms with Gasteiger partial charge < -0.3 is 15.4 Å². The van der Waals surface area contributed by atoms with Crippen molar-refractivity contribution in [1.29, 1.82) is 0 Å². The fourth-order valence-electron chi connectivity index (χ4n) is 2.02. The third-order valence-corrected chi connectivity index (χ3v) is 3.83. The minimum absolute atomic E-state index is 0.285. The van der Waals surface area contributed by atoms with E-state index < -0.39 is 0 Å². The molecule has 0 fully saturated rings. The minimum Gasteiger partial charge on any atom is -0.492 e. The number of aromatic nitrogens is 2. The highest BCUT2D eigenvalue weighted by molar-refractivity contribution is 7.14. The summed E-state index contributed by atoms with van der Waals surface area (Å²) in [6.45, 7) is 2.43. The number of anilines is 3. The molecule has 0 unspecified atom stereocenters. The van der Waals surface area contributed by atoms with Crippen LogP contribution in [0.3, 0.4) is 0 Å². The summed E-state index contributed by atoms with van der Waals surface area (Å²) in [6.07, 6.45) is 1.69. The standard InChI is InChI=1S/C17H16N4O2S/c1-2-23-14-8-4-3-7-12(14)19-16(22)13-11-24-17(20-13)21-15-9-5-6-10-18-15/h3-11H,2H2,1H3,(H,19,22)(H,18,20,21). The van der Waals surface area contributed by atoms with Gasteiger partial charge in [-0.25, -0.2) is 9.97 Å². The first kappa shape index (κ1) is 15.9. The van der Waals surface area contributed by atoms with Crippen LogP contribution >= 0.6 is 11.3 Å². The van der Waals surface area contributed by atoms with E-state index in [2.05, 4.69) is 20.6 Å². The fraction of sp³-hybridized carbons (Fsp3) is 0.118. The second kappa shape index (κ2) is 7.56. The summed E-state index contributed by atoms with van der Waals surface area (Å²) < 4.78 is 5.50. The zero-order valence-corrected chi connectivity index (χ0v) is 13.8. The number of ether oxygens (including phenoxy) is 1. The molecule has 2 aromatic heterocycles. The molecule has 3 aromatic rings. The third kappa shape index (κ3) is 3.88. The number of carbonyl (C=O) groups excluding carboxylic acids is 1. The first-order valence-corrected chi connectivity index (χ1v) is 8.31. The molecule has 0 aliphatic rings. The summed E-state index contributed by atoms with van der Waals surface area (Å²) in [4.78, 5) is 20.8. The van der Waals surface area contributed by atoms with Gasteiger partial charge in [-0.05, 0) is 31.2 Å². The molecule has 0 bridgehead atoms. The molecule has 0 radical (unpaired) electrons. The van der Waals surface area contributed by atoms with E-state index in [1.54, 1.807) is 17.6 Å². The third-order valence-electron chi connectivity index (χ3n) is 3.07. The number of amides is 1. The zero-order chi connectivity index (χ0) is 16.8. The molecule has 3 rings (SSSR count). The molecule has 7 heteroatoms. The first-order valence-electron chi connectivity index (χ1n) is 7.43. The molecule has 0 saturated heterocycles. The van der Waals surface area contributed by atoms with Gasteiger partial charge in [0.25, 0.3) is 5.91 Å². The van der Waals surface area contributed by atoms with Crippen LogP contribution in [0.4, 0.5) is 16.6 Å². The van der Waals surface area contributed by atoms with Gasteiger partial charge in [-0.2, -0.15) is 0 Å². The van der Waals surface area contributed by atoms with Crippen LogP contribution in [0.25, 0.3) is 0 Å². The maximum absolute atomic E-state index is 12.4. The van der Waals surface area contributed by atoms with E-state index in [1.165, 1.54) is 11.3 Å². The van der Waals surface area contributed by atoms with Crippen LogP contribution in [0.5, 0.6) is 5.75 Å². The topological polar surface area (TPSA) is 76.1 Å². The molecular weight excluding hydrogens is 324 g/mol. The Balaban J connectivity index is 1.70. The normalized spacial score (nSPS) is 10.2. The number of nitrogens with one attached hydrogen (secondary N) is 2. The van der Waals surface area contributed by atoms with E-state index in [-0.39, 0.29) is 5.91 Å². The summed E-state index contributed by atoms with van der Waals surface area (Å²) in [5.74, 6) is 1.03. The molecule has 2 N–H and O–H groups in total. The van der Waals surface area contributed by atoms with Gasteiger partial charge in [0.1, 0.15) is 17.3 Å². The summed E-state index contributed by atoms with van der Waals surface area (Å²) in [5, 5.41) is 8.20. The quantitative estimate of drug-likeness (QED) is 0.711. The Morgan fingerprint density at radius 1 is 1.21 bits per heavy atom. The van der Waals surface area contributed by atoms with E-state index in [0.717, 1.165) is 0 Å². The van der Waals surface area contributed by atoms with Gasteiger partial charge >= 0.3 is 0 Å². The van der Waals surface area contributed by atoms with Crippen molar-refractivity contribution in [3.8, 4) is 5.75 Å². The lowest BCUT2D eigenvalue weighted by molar-refractivity contribution is 0.102. The number of carbonyl (C=O) groups is 1. The van der Waals surface area contributed by atoms with E-state index >= 15 is 0 Å². The van der Waals surface area contributed by atoms with Crippen LogP contribution in [0.2, 0.25) is 0 Å². The Morgan fingerprint density at radius 2 is 2.04 bits per heavy atom. The van der Waals surface area contributed by atoms with Crippen molar-refractivity contribution in [2.75, 3.05) is 17.2 Å². The van der Waals surface area contributed by atoms with Gasteiger partial charge in [0.05, 0.1) is 12.3 Å². The molecule has 24 heavy (non-hydrogen) atoms. The van der Waals surface area contributed by atoms with Gasteiger partial charge in [-0.1, -0.05) is 18.2 Å². The number of hydrogen-bond acceptors (Lipinski definition) is 6. The van der Waals surface area contributed by atoms with E-state index in [1.807, 2.05) is 43.3 Å². The molecule has 122 valence electrons. The Bertz CT molecular complexity index is 820. The van der Waals surface area contributed by atoms with Crippen molar-refractivity contribution in [2.45, 2.75) is 6.92 Å². The molecule has 0 saturated carbocycles. The highest BCUT2D eigenvalue weighted by atomic mass is 32.1. The summed E-state index contributed by atoms with van der Waals surface area (Å²) in [7, 11) is 0. The Kier molecular flexibility index (Phi) is 5.02. The molecule has 1 amide bonds. The second-order valence-electron chi connectivity index (χ2n) is 4.76. The molecule has 0 aliphatic heterocycles. The smallest absolute Gasteiger partial charge is 0.275 e. The number of rotatable bonds is 6. The van der Waals surface area contributed by atoms with Crippen molar-refractivity contribution in [2.24, 2.45) is 0 Å². The van der Waals surface area contributed by atoms with E-state index in [9.17, 15) is 4.79 Å². The van der Waals surface area contributed by atoms with Gasteiger partial charge in [0.15, 0.2) is 5.13 Å². The molecule has 6 nitrogen and oxygen atoms in total. The van der Waals surface area contributed by atoms with Crippen molar-refractivity contribution in [3.63, 3.8) is 0 Å². The lowest BCUT2D eigenvalue weighted by Crippen LogP contribution is -2.13. The monoisotopic (exact) mass is 340 g/mol. The number of benzene rings is 1. The van der Waals surface area contributed by atoms with Gasteiger partial charge in [0.2, 0.25) is 0 Å². The number of pyridine rings is 1. The molecule has 0 spiro atoms. The van der Waals surface area contributed by atoms with E-state index in [0.29, 0.717) is 34.7 Å². The number of para-hydroxylation sites is 2. The Morgan fingerprint density at radius 3 is 2.83 bits per heavy atom. The highest BCUT2D eigenvalue weighted by Gasteiger charge is 2.13. The number of nitrogens with zero attached hydrogens (tertiary/aromatic N) is 2. The largest absolute Gasteiger partial charge is 0.492 e. The van der Waals surface area contributed by atoms with Crippen molar-refractivity contribution in [3.05, 3.63) is 59.7 Å². The molecule has 0 atom stereocenters. The predicted molar refractivity (Wildman–Crippen MR) is 95.2 cm³/mol. The van der Waals surface area contributed by atoms with Gasteiger partial charge in [-0.15, -0.1) is 11.3 Å². The average molecular weight is 340 g/mol. The Labute approximate surface area is 143 Å². The van der Waals surface area contributed by atoms with Gasteiger partial charge in [0, 0.05) is 11.6 Å². The maximum atomic E-state index is 12.4. The van der Waals surface area contributed by atoms with Crippen molar-refractivity contribution < 1.29 is 9.53 Å². The molecule has 1 aromatic carbocycles. The minimum atomic E-state index is -0.285. The lowest BCUT2D eigenvalue weighted by atomic mass is 10.3. The van der Waals surface area contributed by atoms with E-state index in [4.69, 9.17) is 4.74 Å².